The number of nitro benzene ring substituents is 1. The lowest BCUT2D eigenvalue weighted by molar-refractivity contribution is -0.384. The van der Waals surface area contributed by atoms with Gasteiger partial charge in [0.05, 0.1) is 28.4 Å². The van der Waals surface area contributed by atoms with Gasteiger partial charge in [-0.2, -0.15) is 0 Å². The number of hydrogen-bond acceptors (Lipinski definition) is 8. The monoisotopic (exact) mass is 411 g/mol. The molecule has 0 unspecified atom stereocenters. The molecule has 0 saturated heterocycles. The van der Waals surface area contributed by atoms with Crippen molar-refractivity contribution in [1.82, 2.24) is 9.38 Å². The summed E-state index contributed by atoms with van der Waals surface area (Å²) in [5.41, 5.74) is 0.358. The molecule has 2 aromatic heterocycles. The van der Waals surface area contributed by atoms with Crippen LogP contribution in [0.25, 0.3) is 5.65 Å². The van der Waals surface area contributed by atoms with Crippen LogP contribution < -0.4 is 5.56 Å². The largest absolute Gasteiger partial charge is 0.462 e. The molecule has 0 aliphatic rings. The van der Waals surface area contributed by atoms with Crippen LogP contribution in [0.2, 0.25) is 0 Å². The van der Waals surface area contributed by atoms with Gasteiger partial charge >= 0.3 is 11.9 Å². The standard InChI is InChI=1S/C20H17N3O7/c1-3-29-19(25)13-6-14(8-16(7-13)23(27)28)20(26)30-11-15-9-18(24)22-10-12(2)4-5-17(22)21-15/h4-10H,3,11H2,1-2H3. The Labute approximate surface area is 169 Å². The second-order valence-corrected chi connectivity index (χ2v) is 6.34. The number of rotatable bonds is 6. The minimum Gasteiger partial charge on any atom is -0.462 e. The summed E-state index contributed by atoms with van der Waals surface area (Å²) in [5, 5.41) is 11.1. The second kappa shape index (κ2) is 8.52. The van der Waals surface area contributed by atoms with Crippen LogP contribution in [0.5, 0.6) is 0 Å². The Hall–Kier alpha value is -4.08. The van der Waals surface area contributed by atoms with E-state index in [1.54, 1.807) is 25.3 Å². The smallest absolute Gasteiger partial charge is 0.338 e. The Morgan fingerprint density at radius 2 is 1.77 bits per heavy atom. The third kappa shape index (κ3) is 4.49. The number of esters is 2. The number of carbonyl (C=O) groups excluding carboxylic acids is 2. The van der Waals surface area contributed by atoms with Crippen molar-refractivity contribution < 1.29 is 24.0 Å². The zero-order chi connectivity index (χ0) is 21.8. The highest BCUT2D eigenvalue weighted by molar-refractivity contribution is 5.96. The lowest BCUT2D eigenvalue weighted by atomic mass is 10.1. The van der Waals surface area contributed by atoms with Crippen molar-refractivity contribution in [2.24, 2.45) is 0 Å². The number of fused-ring (bicyclic) bond motifs is 1. The summed E-state index contributed by atoms with van der Waals surface area (Å²) in [6, 6.07) is 7.85. The van der Waals surface area contributed by atoms with Crippen LogP contribution in [0.3, 0.4) is 0 Å². The van der Waals surface area contributed by atoms with Gasteiger partial charge in [-0.1, -0.05) is 6.07 Å². The average Bonchev–Trinajstić information content (AvgIpc) is 2.72. The predicted molar refractivity (Wildman–Crippen MR) is 104 cm³/mol. The number of hydrogen-bond donors (Lipinski definition) is 0. The maximum absolute atomic E-state index is 12.4. The molecule has 3 aromatic rings. The van der Waals surface area contributed by atoms with E-state index in [4.69, 9.17) is 9.47 Å². The molecule has 3 rings (SSSR count). The molecule has 2 heterocycles. The Bertz CT molecular complexity index is 1220. The maximum Gasteiger partial charge on any atom is 0.338 e. The average molecular weight is 411 g/mol. The summed E-state index contributed by atoms with van der Waals surface area (Å²) in [6.07, 6.45) is 1.64. The third-order valence-corrected chi connectivity index (χ3v) is 4.09. The van der Waals surface area contributed by atoms with Gasteiger partial charge in [0.2, 0.25) is 0 Å². The molecule has 0 aliphatic heterocycles. The van der Waals surface area contributed by atoms with Crippen molar-refractivity contribution in [3.05, 3.63) is 85.4 Å². The van der Waals surface area contributed by atoms with Crippen molar-refractivity contribution in [3.8, 4) is 0 Å². The summed E-state index contributed by atoms with van der Waals surface area (Å²) in [4.78, 5) is 51.2. The number of aryl methyl sites for hydroxylation is 1. The van der Waals surface area contributed by atoms with Gasteiger partial charge < -0.3 is 9.47 Å². The van der Waals surface area contributed by atoms with Crippen LogP contribution in [-0.2, 0) is 16.1 Å². The van der Waals surface area contributed by atoms with Gasteiger partial charge in [-0.05, 0) is 31.5 Å². The number of benzene rings is 1. The molecule has 154 valence electrons. The summed E-state index contributed by atoms with van der Waals surface area (Å²) >= 11 is 0. The van der Waals surface area contributed by atoms with Crippen LogP contribution in [0.4, 0.5) is 5.69 Å². The Balaban J connectivity index is 1.84. The van der Waals surface area contributed by atoms with Crippen molar-refractivity contribution in [2.45, 2.75) is 20.5 Å². The summed E-state index contributed by atoms with van der Waals surface area (Å²) < 4.78 is 11.3. The molecule has 0 bridgehead atoms. The number of carbonyl (C=O) groups is 2. The molecule has 0 N–H and O–H groups in total. The van der Waals surface area contributed by atoms with Gasteiger partial charge in [-0.25, -0.2) is 14.6 Å². The van der Waals surface area contributed by atoms with E-state index in [1.165, 1.54) is 10.5 Å². The van der Waals surface area contributed by atoms with Crippen LogP contribution in [0, 0.1) is 17.0 Å². The summed E-state index contributed by atoms with van der Waals surface area (Å²) in [6.45, 7) is 3.18. The van der Waals surface area contributed by atoms with Gasteiger partial charge in [0.25, 0.3) is 11.2 Å². The van der Waals surface area contributed by atoms with Crippen LogP contribution in [0.15, 0.2) is 47.4 Å². The Morgan fingerprint density at radius 1 is 1.10 bits per heavy atom. The predicted octanol–water partition coefficient (Wildman–Crippen LogP) is 2.44. The fraction of sp³-hybridized carbons (Fsp3) is 0.200. The Kier molecular flexibility index (Phi) is 5.86. The fourth-order valence-electron chi connectivity index (χ4n) is 2.72. The van der Waals surface area contributed by atoms with Crippen LogP contribution in [0.1, 0.15) is 38.9 Å². The Morgan fingerprint density at radius 3 is 2.40 bits per heavy atom. The molecule has 0 spiro atoms. The summed E-state index contributed by atoms with van der Waals surface area (Å²) in [7, 11) is 0. The van der Waals surface area contributed by atoms with E-state index < -0.39 is 22.5 Å². The minimum absolute atomic E-state index is 0.0734. The number of nitro groups is 1. The van der Waals surface area contributed by atoms with Gasteiger partial charge in [0.15, 0.2) is 0 Å². The summed E-state index contributed by atoms with van der Waals surface area (Å²) in [5.74, 6) is -1.70. The third-order valence-electron chi connectivity index (χ3n) is 4.09. The SMILES string of the molecule is CCOC(=O)c1cc(C(=O)OCc2cc(=O)n3cc(C)ccc3n2)cc([N+](=O)[O-])c1. The van der Waals surface area contributed by atoms with E-state index in [9.17, 15) is 24.5 Å². The lowest BCUT2D eigenvalue weighted by Gasteiger charge is -2.08. The lowest BCUT2D eigenvalue weighted by Crippen LogP contribution is -2.17. The highest BCUT2D eigenvalue weighted by Crippen LogP contribution is 2.19. The molecule has 0 amide bonds. The molecule has 0 fully saturated rings. The molecule has 0 aliphatic carbocycles. The topological polar surface area (TPSA) is 130 Å². The molecule has 10 nitrogen and oxygen atoms in total. The molecule has 0 saturated carbocycles. The van der Waals surface area contributed by atoms with E-state index in [2.05, 4.69) is 4.98 Å². The quantitative estimate of drug-likeness (QED) is 0.343. The normalized spacial score (nSPS) is 10.6. The van der Waals surface area contributed by atoms with Crippen molar-refractivity contribution in [2.75, 3.05) is 6.61 Å². The molecular formula is C20H17N3O7. The fourth-order valence-corrected chi connectivity index (χ4v) is 2.72. The van der Waals surface area contributed by atoms with E-state index in [-0.39, 0.29) is 35.6 Å². The van der Waals surface area contributed by atoms with Crippen molar-refractivity contribution >= 4 is 23.3 Å². The van der Waals surface area contributed by atoms with Crippen molar-refractivity contribution in [1.29, 1.82) is 0 Å². The molecule has 1 aromatic carbocycles. The number of aromatic nitrogens is 2. The number of nitrogens with zero attached hydrogens (tertiary/aromatic N) is 3. The van der Waals surface area contributed by atoms with Gasteiger partial charge in [-0.15, -0.1) is 0 Å². The number of pyridine rings is 1. The first-order valence-electron chi connectivity index (χ1n) is 8.91. The minimum atomic E-state index is -0.907. The molecule has 0 atom stereocenters. The zero-order valence-corrected chi connectivity index (χ0v) is 16.2. The van der Waals surface area contributed by atoms with Gasteiger partial charge in [0.1, 0.15) is 12.3 Å². The zero-order valence-electron chi connectivity index (χ0n) is 16.2. The highest BCUT2D eigenvalue weighted by atomic mass is 16.6. The molecular weight excluding hydrogens is 394 g/mol. The molecule has 0 radical (unpaired) electrons. The first-order chi connectivity index (χ1) is 14.3. The second-order valence-electron chi connectivity index (χ2n) is 6.34. The van der Waals surface area contributed by atoms with Crippen LogP contribution in [-0.4, -0.2) is 32.9 Å². The first-order valence-corrected chi connectivity index (χ1v) is 8.91. The number of non-ortho nitro benzene ring substituents is 1. The van der Waals surface area contributed by atoms with E-state index in [0.29, 0.717) is 5.65 Å². The first kappa shape index (κ1) is 20.6. The van der Waals surface area contributed by atoms with E-state index in [1.807, 2.05) is 6.92 Å². The van der Waals surface area contributed by atoms with Gasteiger partial charge in [0, 0.05) is 24.4 Å². The molecule has 10 heteroatoms. The van der Waals surface area contributed by atoms with Gasteiger partial charge in [-0.3, -0.25) is 19.3 Å². The molecule has 30 heavy (non-hydrogen) atoms. The highest BCUT2D eigenvalue weighted by Gasteiger charge is 2.20. The van der Waals surface area contributed by atoms with Crippen molar-refractivity contribution in [3.63, 3.8) is 0 Å². The van der Waals surface area contributed by atoms with E-state index in [0.717, 1.165) is 23.8 Å². The van der Waals surface area contributed by atoms with Crippen LogP contribution >= 0.6 is 0 Å². The van der Waals surface area contributed by atoms with E-state index >= 15 is 0 Å². The number of ether oxygens (including phenoxy) is 2. The maximum atomic E-state index is 12.4.